The maximum absolute atomic E-state index is 13.7. The van der Waals surface area contributed by atoms with Crippen LogP contribution in [0.25, 0.3) is 0 Å². The summed E-state index contributed by atoms with van der Waals surface area (Å²) in [6.45, 7) is 0. The van der Waals surface area contributed by atoms with Gasteiger partial charge in [0.2, 0.25) is 0 Å². The molecule has 1 aliphatic heterocycles. The van der Waals surface area contributed by atoms with Crippen LogP contribution >= 0.6 is 11.8 Å². The second-order valence-electron chi connectivity index (χ2n) is 4.96. The Morgan fingerprint density at radius 1 is 1.29 bits per heavy atom. The SMILES string of the molecule is COc1c(Oc2cc(F)cc(C#N)c2)ccc2c1C(O)C(F)(F)S2. The monoisotopic (exact) mass is 353 g/mol. The number of nitriles is 1. The van der Waals surface area contributed by atoms with E-state index in [1.807, 2.05) is 0 Å². The molecule has 0 aromatic heterocycles. The van der Waals surface area contributed by atoms with E-state index < -0.39 is 17.2 Å². The average Bonchev–Trinajstić information content (AvgIpc) is 2.77. The molecule has 0 spiro atoms. The van der Waals surface area contributed by atoms with Crippen molar-refractivity contribution < 1.29 is 27.8 Å². The number of rotatable bonds is 3. The van der Waals surface area contributed by atoms with Gasteiger partial charge in [0.05, 0.1) is 18.7 Å². The minimum atomic E-state index is -3.37. The number of hydrogen-bond acceptors (Lipinski definition) is 5. The highest BCUT2D eigenvalue weighted by molar-refractivity contribution is 8.00. The van der Waals surface area contributed by atoms with Crippen LogP contribution in [0, 0.1) is 17.1 Å². The predicted molar refractivity (Wildman–Crippen MR) is 79.9 cm³/mol. The molecular weight excluding hydrogens is 343 g/mol. The minimum absolute atomic E-state index is 0.0108. The van der Waals surface area contributed by atoms with Crippen LogP contribution in [-0.2, 0) is 0 Å². The van der Waals surface area contributed by atoms with Crippen LogP contribution in [0.5, 0.6) is 17.2 Å². The molecule has 1 atom stereocenters. The minimum Gasteiger partial charge on any atom is -0.492 e. The van der Waals surface area contributed by atoms with Crippen LogP contribution < -0.4 is 9.47 Å². The van der Waals surface area contributed by atoms with Gasteiger partial charge in [-0.3, -0.25) is 0 Å². The van der Waals surface area contributed by atoms with Gasteiger partial charge in [-0.25, -0.2) is 4.39 Å². The van der Waals surface area contributed by atoms with Gasteiger partial charge < -0.3 is 14.6 Å². The van der Waals surface area contributed by atoms with Crippen LogP contribution in [0.3, 0.4) is 0 Å². The standard InChI is InChI=1S/C16H10F3NO3S/c1-22-14-11(23-10-5-8(7-20)4-9(17)6-10)2-3-12-13(14)15(21)16(18,19)24-12/h2-6,15,21H,1H3. The maximum atomic E-state index is 13.7. The van der Waals surface area contributed by atoms with Crippen molar-refractivity contribution in [3.63, 3.8) is 0 Å². The van der Waals surface area contributed by atoms with E-state index in [1.54, 1.807) is 6.07 Å². The molecule has 4 nitrogen and oxygen atoms in total. The molecule has 0 saturated heterocycles. The van der Waals surface area contributed by atoms with Crippen molar-refractivity contribution in [2.24, 2.45) is 0 Å². The third-order valence-electron chi connectivity index (χ3n) is 3.39. The van der Waals surface area contributed by atoms with E-state index in [9.17, 15) is 18.3 Å². The van der Waals surface area contributed by atoms with Gasteiger partial charge in [0, 0.05) is 16.5 Å². The zero-order valence-electron chi connectivity index (χ0n) is 12.2. The molecule has 0 fully saturated rings. The van der Waals surface area contributed by atoms with Gasteiger partial charge in [0.15, 0.2) is 17.6 Å². The molecule has 1 heterocycles. The van der Waals surface area contributed by atoms with Crippen molar-refractivity contribution in [1.29, 1.82) is 5.26 Å². The smallest absolute Gasteiger partial charge is 0.327 e. The number of nitrogens with zero attached hydrogens (tertiary/aromatic N) is 1. The molecule has 0 saturated carbocycles. The van der Waals surface area contributed by atoms with Gasteiger partial charge in [-0.05, 0) is 36.0 Å². The molecule has 0 radical (unpaired) electrons. The molecule has 124 valence electrons. The predicted octanol–water partition coefficient (Wildman–Crippen LogP) is 4.23. The molecular formula is C16H10F3NO3S. The Bertz CT molecular complexity index is 851. The van der Waals surface area contributed by atoms with Crippen LogP contribution in [0.1, 0.15) is 17.2 Å². The first kappa shape index (κ1) is 16.5. The van der Waals surface area contributed by atoms with E-state index in [4.69, 9.17) is 14.7 Å². The Balaban J connectivity index is 2.04. The normalized spacial score (nSPS) is 17.9. The average molecular weight is 353 g/mol. The third-order valence-corrected chi connectivity index (χ3v) is 4.46. The molecule has 1 unspecified atom stereocenters. The number of alkyl halides is 2. The van der Waals surface area contributed by atoms with Crippen molar-refractivity contribution >= 4 is 11.8 Å². The number of halogens is 3. The summed E-state index contributed by atoms with van der Waals surface area (Å²) in [6, 6.07) is 7.93. The summed E-state index contributed by atoms with van der Waals surface area (Å²) in [5.41, 5.74) is -0.0332. The van der Waals surface area contributed by atoms with Crippen molar-refractivity contribution in [1.82, 2.24) is 0 Å². The molecule has 24 heavy (non-hydrogen) atoms. The van der Waals surface area contributed by atoms with E-state index in [2.05, 4.69) is 0 Å². The topological polar surface area (TPSA) is 62.5 Å². The third kappa shape index (κ3) is 2.77. The number of benzene rings is 2. The van der Waals surface area contributed by atoms with E-state index in [0.29, 0.717) is 0 Å². The Morgan fingerprint density at radius 3 is 2.71 bits per heavy atom. The van der Waals surface area contributed by atoms with E-state index in [0.717, 1.165) is 12.1 Å². The number of methoxy groups -OCH3 is 1. The number of hydrogen-bond donors (Lipinski definition) is 1. The maximum Gasteiger partial charge on any atom is 0.327 e. The summed E-state index contributed by atoms with van der Waals surface area (Å²) in [5.74, 6) is -0.696. The van der Waals surface area contributed by atoms with Crippen molar-refractivity contribution in [2.45, 2.75) is 16.3 Å². The lowest BCUT2D eigenvalue weighted by Gasteiger charge is -2.16. The van der Waals surface area contributed by atoms with Gasteiger partial charge >= 0.3 is 5.25 Å². The summed E-state index contributed by atoms with van der Waals surface area (Å²) in [4.78, 5) is 0.175. The summed E-state index contributed by atoms with van der Waals surface area (Å²) in [6.07, 6.45) is -2.04. The summed E-state index contributed by atoms with van der Waals surface area (Å²) < 4.78 is 51.5. The second kappa shape index (κ2) is 5.92. The zero-order valence-corrected chi connectivity index (χ0v) is 13.0. The van der Waals surface area contributed by atoms with Crippen LogP contribution in [0.4, 0.5) is 13.2 Å². The van der Waals surface area contributed by atoms with Crippen molar-refractivity contribution in [2.75, 3.05) is 7.11 Å². The van der Waals surface area contributed by atoms with Crippen molar-refractivity contribution in [3.8, 4) is 23.3 Å². The quantitative estimate of drug-likeness (QED) is 0.895. The molecule has 0 aliphatic carbocycles. The van der Waals surface area contributed by atoms with Crippen LogP contribution in [-0.4, -0.2) is 17.5 Å². The lowest BCUT2D eigenvalue weighted by atomic mass is 10.1. The summed E-state index contributed by atoms with van der Waals surface area (Å²) in [7, 11) is 1.25. The molecule has 1 N–H and O–H groups in total. The molecule has 1 aliphatic rings. The number of aliphatic hydroxyl groups excluding tert-OH is 1. The second-order valence-corrected chi connectivity index (χ2v) is 6.15. The van der Waals surface area contributed by atoms with Crippen molar-refractivity contribution in [3.05, 3.63) is 47.3 Å². The zero-order chi connectivity index (χ0) is 17.5. The van der Waals surface area contributed by atoms with Gasteiger partial charge in [-0.15, -0.1) is 0 Å². The highest BCUT2D eigenvalue weighted by Crippen LogP contribution is 2.58. The van der Waals surface area contributed by atoms with Gasteiger partial charge in [0.25, 0.3) is 0 Å². The Hall–Kier alpha value is -2.37. The molecule has 8 heteroatoms. The Labute approximate surface area is 139 Å². The fraction of sp³-hybridized carbons (Fsp3) is 0.188. The fourth-order valence-corrected chi connectivity index (χ4v) is 3.36. The van der Waals surface area contributed by atoms with Crippen LogP contribution in [0.15, 0.2) is 35.2 Å². The number of thioether (sulfide) groups is 1. The highest BCUT2D eigenvalue weighted by Gasteiger charge is 2.50. The number of fused-ring (bicyclic) bond motifs is 1. The molecule has 2 aromatic rings. The van der Waals surface area contributed by atoms with Gasteiger partial charge in [-0.2, -0.15) is 14.0 Å². The van der Waals surface area contributed by atoms with E-state index >= 15 is 0 Å². The molecule has 3 rings (SSSR count). The summed E-state index contributed by atoms with van der Waals surface area (Å²) in [5, 5.41) is 15.3. The number of aliphatic hydroxyl groups is 1. The molecule has 0 amide bonds. The largest absolute Gasteiger partial charge is 0.492 e. The first-order chi connectivity index (χ1) is 11.4. The molecule has 0 bridgehead atoms. The molecule has 2 aromatic carbocycles. The lowest BCUT2D eigenvalue weighted by molar-refractivity contribution is -0.0320. The Morgan fingerprint density at radius 2 is 2.04 bits per heavy atom. The summed E-state index contributed by atoms with van der Waals surface area (Å²) >= 11 is 0.233. The van der Waals surface area contributed by atoms with E-state index in [-0.39, 0.29) is 45.0 Å². The van der Waals surface area contributed by atoms with Gasteiger partial charge in [-0.1, -0.05) is 0 Å². The van der Waals surface area contributed by atoms with Gasteiger partial charge in [0.1, 0.15) is 11.6 Å². The van der Waals surface area contributed by atoms with Crippen LogP contribution in [0.2, 0.25) is 0 Å². The Kier molecular flexibility index (Phi) is 4.07. The fourth-order valence-electron chi connectivity index (χ4n) is 2.38. The van der Waals surface area contributed by atoms with E-state index in [1.165, 1.54) is 25.3 Å². The number of ether oxygens (including phenoxy) is 2. The first-order valence-corrected chi connectivity index (χ1v) is 7.51. The first-order valence-electron chi connectivity index (χ1n) is 6.70. The highest BCUT2D eigenvalue weighted by atomic mass is 32.2. The lowest BCUT2D eigenvalue weighted by Crippen LogP contribution is -2.16.